The monoisotopic (exact) mass is 255 g/mol. The molecule has 2 aromatic carbocycles. The summed E-state index contributed by atoms with van der Waals surface area (Å²) in [5.74, 6) is 0. The van der Waals surface area contributed by atoms with E-state index in [4.69, 9.17) is 0 Å². The fraction of sp³-hybridized carbons (Fsp3) is 0.294. The quantitative estimate of drug-likeness (QED) is 0.853. The van der Waals surface area contributed by atoms with Gasteiger partial charge < -0.3 is 10.4 Å². The molecule has 0 saturated carbocycles. The minimum Gasteiger partial charge on any atom is -0.394 e. The van der Waals surface area contributed by atoms with E-state index in [1.165, 1.54) is 11.1 Å². The van der Waals surface area contributed by atoms with Crippen molar-refractivity contribution in [3.63, 3.8) is 0 Å². The van der Waals surface area contributed by atoms with Crippen molar-refractivity contribution in [3.05, 3.63) is 65.2 Å². The third-order valence-electron chi connectivity index (χ3n) is 3.37. The van der Waals surface area contributed by atoms with Crippen LogP contribution in [0.4, 0.5) is 5.69 Å². The number of aliphatic hydroxyl groups excluding tert-OH is 1. The Hall–Kier alpha value is -1.80. The summed E-state index contributed by atoms with van der Waals surface area (Å²) in [6, 6.07) is 16.6. The molecule has 0 amide bonds. The minimum atomic E-state index is -0.0615. The summed E-state index contributed by atoms with van der Waals surface area (Å²) in [5, 5.41) is 12.9. The fourth-order valence-corrected chi connectivity index (χ4v) is 2.07. The van der Waals surface area contributed by atoms with Gasteiger partial charge in [0.15, 0.2) is 0 Å². The van der Waals surface area contributed by atoms with Crippen molar-refractivity contribution >= 4 is 5.69 Å². The highest BCUT2D eigenvalue weighted by atomic mass is 16.3. The second kappa shape index (κ2) is 6.39. The maximum absolute atomic E-state index is 9.56. The molecule has 0 bridgehead atoms. The molecule has 0 aliphatic heterocycles. The van der Waals surface area contributed by atoms with Gasteiger partial charge in [-0.1, -0.05) is 48.9 Å². The van der Waals surface area contributed by atoms with Gasteiger partial charge in [-0.2, -0.15) is 0 Å². The summed E-state index contributed by atoms with van der Waals surface area (Å²) in [4.78, 5) is 0. The molecule has 0 radical (unpaired) electrons. The number of hydrogen-bond acceptors (Lipinski definition) is 2. The lowest BCUT2D eigenvalue weighted by atomic mass is 10.0. The second-order valence-corrected chi connectivity index (χ2v) is 4.84. The van der Waals surface area contributed by atoms with Crippen molar-refractivity contribution in [2.75, 3.05) is 11.9 Å². The van der Waals surface area contributed by atoms with E-state index in [-0.39, 0.29) is 12.6 Å². The van der Waals surface area contributed by atoms with Crippen molar-refractivity contribution in [2.24, 2.45) is 0 Å². The predicted molar refractivity (Wildman–Crippen MR) is 80.4 cm³/mol. The van der Waals surface area contributed by atoms with Crippen LogP contribution in [0.3, 0.4) is 0 Å². The molecule has 2 N–H and O–H groups in total. The summed E-state index contributed by atoms with van der Waals surface area (Å²) < 4.78 is 0. The van der Waals surface area contributed by atoms with Crippen LogP contribution in [-0.2, 0) is 6.42 Å². The van der Waals surface area contributed by atoms with Crippen molar-refractivity contribution in [1.82, 2.24) is 0 Å². The lowest BCUT2D eigenvalue weighted by Crippen LogP contribution is -2.14. The predicted octanol–water partition coefficient (Wildman–Crippen LogP) is 3.70. The van der Waals surface area contributed by atoms with Crippen LogP contribution in [0.15, 0.2) is 48.5 Å². The van der Waals surface area contributed by atoms with Gasteiger partial charge in [-0.15, -0.1) is 0 Å². The zero-order valence-electron chi connectivity index (χ0n) is 11.6. The van der Waals surface area contributed by atoms with Crippen LogP contribution >= 0.6 is 0 Å². The van der Waals surface area contributed by atoms with Gasteiger partial charge in [-0.3, -0.25) is 0 Å². The molecule has 1 unspecified atom stereocenters. The molecule has 0 aliphatic rings. The van der Waals surface area contributed by atoms with E-state index < -0.39 is 0 Å². The van der Waals surface area contributed by atoms with Crippen molar-refractivity contribution < 1.29 is 5.11 Å². The number of aryl methyl sites for hydroxylation is 2. The van der Waals surface area contributed by atoms with Gasteiger partial charge in [0.05, 0.1) is 12.6 Å². The molecule has 0 heterocycles. The van der Waals surface area contributed by atoms with Crippen LogP contribution in [0.2, 0.25) is 0 Å². The minimum absolute atomic E-state index is 0.0615. The molecule has 0 aliphatic carbocycles. The Morgan fingerprint density at radius 2 is 1.63 bits per heavy atom. The maximum Gasteiger partial charge on any atom is 0.0745 e. The molecular weight excluding hydrogens is 234 g/mol. The Bertz CT molecular complexity index is 502. The molecule has 2 aromatic rings. The molecule has 2 nitrogen and oxygen atoms in total. The average molecular weight is 255 g/mol. The number of benzene rings is 2. The third kappa shape index (κ3) is 3.58. The average Bonchev–Trinajstić information content (AvgIpc) is 2.47. The smallest absolute Gasteiger partial charge is 0.0745 e. The van der Waals surface area contributed by atoms with E-state index >= 15 is 0 Å². The summed E-state index contributed by atoms with van der Waals surface area (Å²) >= 11 is 0. The summed E-state index contributed by atoms with van der Waals surface area (Å²) in [5.41, 5.74) is 4.69. The van der Waals surface area contributed by atoms with Crippen LogP contribution in [0, 0.1) is 6.92 Å². The summed E-state index contributed by atoms with van der Waals surface area (Å²) in [7, 11) is 0. The van der Waals surface area contributed by atoms with Crippen LogP contribution in [0.1, 0.15) is 29.7 Å². The van der Waals surface area contributed by atoms with E-state index in [2.05, 4.69) is 55.6 Å². The first-order valence-electron chi connectivity index (χ1n) is 6.76. The largest absolute Gasteiger partial charge is 0.394 e. The van der Waals surface area contributed by atoms with Gasteiger partial charge in [0.2, 0.25) is 0 Å². The van der Waals surface area contributed by atoms with Gasteiger partial charge in [0.1, 0.15) is 0 Å². The van der Waals surface area contributed by atoms with Gasteiger partial charge in [0.25, 0.3) is 0 Å². The summed E-state index contributed by atoms with van der Waals surface area (Å²) in [6.07, 6.45) is 1.04. The van der Waals surface area contributed by atoms with Gasteiger partial charge >= 0.3 is 0 Å². The van der Waals surface area contributed by atoms with Crippen molar-refractivity contribution in [3.8, 4) is 0 Å². The number of aliphatic hydroxyl groups is 1. The fourth-order valence-electron chi connectivity index (χ4n) is 2.07. The first-order chi connectivity index (χ1) is 9.22. The SMILES string of the molecule is CCc1ccc(C(CO)Nc2ccc(C)cc2)cc1. The normalized spacial score (nSPS) is 12.2. The zero-order chi connectivity index (χ0) is 13.7. The molecule has 2 heteroatoms. The van der Waals surface area contributed by atoms with E-state index in [0.29, 0.717) is 0 Å². The van der Waals surface area contributed by atoms with E-state index in [9.17, 15) is 5.11 Å². The first-order valence-corrected chi connectivity index (χ1v) is 6.76. The molecule has 0 aromatic heterocycles. The van der Waals surface area contributed by atoms with Crippen molar-refractivity contribution in [2.45, 2.75) is 26.3 Å². The van der Waals surface area contributed by atoms with Crippen LogP contribution in [0.5, 0.6) is 0 Å². The molecule has 2 rings (SSSR count). The first kappa shape index (κ1) is 13.6. The number of anilines is 1. The van der Waals surface area contributed by atoms with Gasteiger partial charge in [-0.25, -0.2) is 0 Å². The third-order valence-corrected chi connectivity index (χ3v) is 3.37. The molecular formula is C17H21NO. The molecule has 100 valence electrons. The Morgan fingerprint density at radius 1 is 1.00 bits per heavy atom. The molecule has 0 spiro atoms. The van der Waals surface area contributed by atoms with E-state index in [1.54, 1.807) is 0 Å². The standard InChI is InChI=1S/C17H21NO/c1-3-14-6-8-15(9-7-14)17(12-19)18-16-10-4-13(2)5-11-16/h4-11,17-19H,3,12H2,1-2H3. The van der Waals surface area contributed by atoms with Crippen LogP contribution < -0.4 is 5.32 Å². The molecule has 1 atom stereocenters. The van der Waals surface area contributed by atoms with Gasteiger partial charge in [0, 0.05) is 5.69 Å². The van der Waals surface area contributed by atoms with Gasteiger partial charge in [-0.05, 0) is 36.6 Å². The lowest BCUT2D eigenvalue weighted by Gasteiger charge is -2.18. The van der Waals surface area contributed by atoms with E-state index in [0.717, 1.165) is 17.7 Å². The Labute approximate surface area is 115 Å². The number of hydrogen-bond donors (Lipinski definition) is 2. The summed E-state index contributed by atoms with van der Waals surface area (Å²) in [6.45, 7) is 4.29. The second-order valence-electron chi connectivity index (χ2n) is 4.84. The number of nitrogens with one attached hydrogen (secondary N) is 1. The topological polar surface area (TPSA) is 32.3 Å². The molecule has 19 heavy (non-hydrogen) atoms. The maximum atomic E-state index is 9.56. The van der Waals surface area contributed by atoms with E-state index in [1.807, 2.05) is 12.1 Å². The Kier molecular flexibility index (Phi) is 4.58. The number of rotatable bonds is 5. The lowest BCUT2D eigenvalue weighted by molar-refractivity contribution is 0.276. The van der Waals surface area contributed by atoms with Crippen LogP contribution in [-0.4, -0.2) is 11.7 Å². The highest BCUT2D eigenvalue weighted by Gasteiger charge is 2.09. The molecule has 0 saturated heterocycles. The Balaban J connectivity index is 2.12. The Morgan fingerprint density at radius 3 is 2.16 bits per heavy atom. The van der Waals surface area contributed by atoms with Crippen LogP contribution in [0.25, 0.3) is 0 Å². The van der Waals surface area contributed by atoms with Crippen molar-refractivity contribution in [1.29, 1.82) is 0 Å². The highest BCUT2D eigenvalue weighted by Crippen LogP contribution is 2.20. The molecule has 0 fully saturated rings. The zero-order valence-corrected chi connectivity index (χ0v) is 11.6. The highest BCUT2D eigenvalue weighted by molar-refractivity contribution is 5.47.